The summed E-state index contributed by atoms with van der Waals surface area (Å²) in [5.41, 5.74) is -0.240. The summed E-state index contributed by atoms with van der Waals surface area (Å²) < 4.78 is 13.5. The van der Waals surface area contributed by atoms with Crippen molar-refractivity contribution in [3.63, 3.8) is 0 Å². The highest BCUT2D eigenvalue weighted by atomic mass is 35.5. The zero-order valence-electron chi connectivity index (χ0n) is 12.1. The summed E-state index contributed by atoms with van der Waals surface area (Å²) in [6.45, 7) is 5.90. The molecule has 1 aromatic carbocycles. The first-order valence-electron chi connectivity index (χ1n) is 7.30. The Hall–Kier alpha value is -0.930. The van der Waals surface area contributed by atoms with Gasteiger partial charge in [0.2, 0.25) is 0 Å². The number of carbonyl (C=O) groups is 1. The molecule has 0 amide bonds. The minimum Gasteiger partial charge on any atom is -0.292 e. The van der Waals surface area contributed by atoms with Crippen molar-refractivity contribution in [1.82, 2.24) is 4.90 Å². The van der Waals surface area contributed by atoms with E-state index in [1.807, 2.05) is 13.8 Å². The Morgan fingerprint density at radius 2 is 1.90 bits per heavy atom. The zero-order chi connectivity index (χ0) is 14.8. The number of hydrogen-bond donors (Lipinski definition) is 0. The maximum Gasteiger partial charge on any atom is 0.184 e. The third-order valence-electron chi connectivity index (χ3n) is 4.48. The normalized spacial score (nSPS) is 16.6. The van der Waals surface area contributed by atoms with Gasteiger partial charge in [-0.05, 0) is 57.0 Å². The van der Waals surface area contributed by atoms with E-state index >= 15 is 0 Å². The lowest BCUT2D eigenvalue weighted by Gasteiger charge is -2.39. The van der Waals surface area contributed by atoms with Gasteiger partial charge in [0.15, 0.2) is 5.78 Å². The smallest absolute Gasteiger partial charge is 0.184 e. The molecule has 0 radical (unpaired) electrons. The number of nitrogens with zero attached hydrogens (tertiary/aromatic N) is 1. The van der Waals surface area contributed by atoms with E-state index in [9.17, 15) is 9.18 Å². The van der Waals surface area contributed by atoms with Gasteiger partial charge in [0.25, 0.3) is 0 Å². The molecular weight excluding hydrogens is 277 g/mol. The number of Topliss-reactive ketones (excluding diaryl/α,β-unsaturated/α-hetero) is 1. The van der Waals surface area contributed by atoms with Crippen LogP contribution in [0.1, 0.15) is 49.9 Å². The van der Waals surface area contributed by atoms with Crippen molar-refractivity contribution < 1.29 is 9.18 Å². The number of rotatable bonds is 5. The molecule has 1 saturated heterocycles. The van der Waals surface area contributed by atoms with Gasteiger partial charge in [0.1, 0.15) is 5.82 Å². The van der Waals surface area contributed by atoms with Crippen molar-refractivity contribution in [2.45, 2.75) is 45.1 Å². The van der Waals surface area contributed by atoms with Crippen LogP contribution in [-0.4, -0.2) is 29.3 Å². The third-order valence-corrected chi connectivity index (χ3v) is 4.81. The highest BCUT2D eigenvalue weighted by Crippen LogP contribution is 2.33. The number of benzene rings is 1. The number of ketones is 1. The van der Waals surface area contributed by atoms with E-state index < -0.39 is 11.4 Å². The van der Waals surface area contributed by atoms with Crippen molar-refractivity contribution in [1.29, 1.82) is 0 Å². The van der Waals surface area contributed by atoms with E-state index in [2.05, 4.69) is 4.90 Å². The van der Waals surface area contributed by atoms with E-state index in [1.54, 1.807) is 0 Å². The first kappa shape index (κ1) is 15.5. The fourth-order valence-corrected chi connectivity index (χ4v) is 3.43. The Balaban J connectivity index is 2.43. The molecule has 0 aliphatic carbocycles. The molecule has 110 valence electrons. The van der Waals surface area contributed by atoms with Crippen LogP contribution in [0.5, 0.6) is 0 Å². The van der Waals surface area contributed by atoms with Crippen molar-refractivity contribution in [2.24, 2.45) is 0 Å². The Kier molecular flexibility index (Phi) is 4.82. The lowest BCUT2D eigenvalue weighted by Crippen LogP contribution is -2.52. The van der Waals surface area contributed by atoms with Crippen LogP contribution in [0.2, 0.25) is 5.02 Å². The number of likely N-dealkylation sites (tertiary alicyclic amines) is 1. The summed E-state index contributed by atoms with van der Waals surface area (Å²) in [6, 6.07) is 4.01. The SMILES string of the molecule is CCC(CC)(C(=O)c1cc(F)ccc1Cl)N1CCCC1. The van der Waals surface area contributed by atoms with Crippen LogP contribution in [-0.2, 0) is 0 Å². The molecule has 4 heteroatoms. The van der Waals surface area contributed by atoms with Crippen molar-refractivity contribution in [3.05, 3.63) is 34.6 Å². The van der Waals surface area contributed by atoms with Gasteiger partial charge in [0.05, 0.1) is 10.6 Å². The average molecular weight is 298 g/mol. The zero-order valence-corrected chi connectivity index (χ0v) is 12.8. The molecule has 1 aliphatic heterocycles. The van der Waals surface area contributed by atoms with Crippen LogP contribution < -0.4 is 0 Å². The Morgan fingerprint density at radius 1 is 1.30 bits per heavy atom. The predicted octanol–water partition coefficient (Wildman–Crippen LogP) is 4.32. The van der Waals surface area contributed by atoms with Crippen molar-refractivity contribution in [2.75, 3.05) is 13.1 Å². The highest BCUT2D eigenvalue weighted by Gasteiger charge is 2.42. The van der Waals surface area contributed by atoms with Gasteiger partial charge in [-0.3, -0.25) is 9.69 Å². The molecule has 1 fully saturated rings. The molecule has 0 saturated carbocycles. The van der Waals surface area contributed by atoms with Gasteiger partial charge in [-0.1, -0.05) is 25.4 Å². The van der Waals surface area contributed by atoms with E-state index in [0.717, 1.165) is 38.8 Å². The van der Waals surface area contributed by atoms with Gasteiger partial charge in [-0.2, -0.15) is 0 Å². The largest absolute Gasteiger partial charge is 0.292 e. The summed E-state index contributed by atoms with van der Waals surface area (Å²) in [5, 5.41) is 0.335. The Labute approximate surface area is 124 Å². The first-order valence-corrected chi connectivity index (χ1v) is 7.68. The molecule has 1 heterocycles. The van der Waals surface area contributed by atoms with Crippen molar-refractivity contribution in [3.8, 4) is 0 Å². The monoisotopic (exact) mass is 297 g/mol. The summed E-state index contributed by atoms with van der Waals surface area (Å²) in [5.74, 6) is -0.464. The second-order valence-corrected chi connectivity index (χ2v) is 5.79. The quantitative estimate of drug-likeness (QED) is 0.755. The summed E-state index contributed by atoms with van der Waals surface area (Å²) in [7, 11) is 0. The number of hydrogen-bond acceptors (Lipinski definition) is 2. The minimum atomic E-state index is -0.548. The fraction of sp³-hybridized carbons (Fsp3) is 0.562. The van der Waals surface area contributed by atoms with Crippen molar-refractivity contribution >= 4 is 17.4 Å². The Bertz CT molecular complexity index is 493. The standard InChI is InChI=1S/C16H21ClFNO/c1-3-16(4-2,19-9-5-6-10-19)15(20)13-11-12(18)7-8-14(13)17/h7-8,11H,3-6,9-10H2,1-2H3. The molecule has 2 nitrogen and oxygen atoms in total. The highest BCUT2D eigenvalue weighted by molar-refractivity contribution is 6.34. The molecule has 1 aromatic rings. The molecule has 1 aliphatic rings. The van der Waals surface area contributed by atoms with Gasteiger partial charge in [0, 0.05) is 5.56 Å². The van der Waals surface area contributed by atoms with Crippen LogP contribution in [0, 0.1) is 5.82 Å². The summed E-state index contributed by atoms with van der Waals surface area (Å²) in [4.78, 5) is 15.2. The third kappa shape index (κ3) is 2.61. The summed E-state index contributed by atoms with van der Waals surface area (Å²) in [6.07, 6.45) is 3.67. The molecule has 0 spiro atoms. The van der Waals surface area contributed by atoms with E-state index in [1.165, 1.54) is 18.2 Å². The van der Waals surface area contributed by atoms with Gasteiger partial charge < -0.3 is 0 Å². The molecule has 20 heavy (non-hydrogen) atoms. The topological polar surface area (TPSA) is 20.3 Å². The maximum absolute atomic E-state index is 13.5. The van der Waals surface area contributed by atoms with Crippen LogP contribution in [0.15, 0.2) is 18.2 Å². The van der Waals surface area contributed by atoms with Crippen LogP contribution >= 0.6 is 11.6 Å². The van der Waals surface area contributed by atoms with E-state index in [4.69, 9.17) is 11.6 Å². The molecule has 0 N–H and O–H groups in total. The second kappa shape index (κ2) is 6.23. The van der Waals surface area contributed by atoms with Crippen LogP contribution in [0.4, 0.5) is 4.39 Å². The predicted molar refractivity (Wildman–Crippen MR) is 79.9 cm³/mol. The summed E-state index contributed by atoms with van der Waals surface area (Å²) >= 11 is 6.11. The number of halogens is 2. The molecule has 0 aromatic heterocycles. The van der Waals surface area contributed by atoms with Gasteiger partial charge in [-0.25, -0.2) is 4.39 Å². The van der Waals surface area contributed by atoms with Gasteiger partial charge in [-0.15, -0.1) is 0 Å². The lowest BCUT2D eigenvalue weighted by atomic mass is 9.82. The molecule has 2 rings (SSSR count). The van der Waals surface area contributed by atoms with Gasteiger partial charge >= 0.3 is 0 Å². The van der Waals surface area contributed by atoms with E-state index in [0.29, 0.717) is 10.6 Å². The molecule has 0 atom stereocenters. The molecular formula is C16H21ClFNO. The first-order chi connectivity index (χ1) is 9.55. The Morgan fingerprint density at radius 3 is 2.45 bits per heavy atom. The molecule has 0 unspecified atom stereocenters. The fourth-order valence-electron chi connectivity index (χ4n) is 3.23. The average Bonchev–Trinajstić information content (AvgIpc) is 2.98. The maximum atomic E-state index is 13.5. The minimum absolute atomic E-state index is 0.0473. The second-order valence-electron chi connectivity index (χ2n) is 5.39. The van der Waals surface area contributed by atoms with Crippen LogP contribution in [0.3, 0.4) is 0 Å². The van der Waals surface area contributed by atoms with Crippen LogP contribution in [0.25, 0.3) is 0 Å². The molecule has 0 bridgehead atoms. The number of carbonyl (C=O) groups excluding carboxylic acids is 1. The lowest BCUT2D eigenvalue weighted by molar-refractivity contribution is 0.0581. The van der Waals surface area contributed by atoms with E-state index in [-0.39, 0.29) is 5.78 Å².